The summed E-state index contributed by atoms with van der Waals surface area (Å²) in [6.45, 7) is 7.45. The number of aliphatic hydroxyl groups is 1. The molecular weight excluding hydrogens is 316 g/mol. The fourth-order valence-electron chi connectivity index (χ4n) is 4.25. The van der Waals surface area contributed by atoms with Gasteiger partial charge in [-0.25, -0.2) is 9.97 Å². The molecule has 0 aromatic carbocycles. The van der Waals surface area contributed by atoms with E-state index in [9.17, 15) is 9.90 Å². The summed E-state index contributed by atoms with van der Waals surface area (Å²) >= 11 is 0. The lowest BCUT2D eigenvalue weighted by molar-refractivity contribution is -0.141. The van der Waals surface area contributed by atoms with E-state index in [2.05, 4.69) is 33.6 Å². The lowest BCUT2D eigenvalue weighted by Crippen LogP contribution is -2.60. The van der Waals surface area contributed by atoms with Crippen LogP contribution in [-0.4, -0.2) is 51.1 Å². The van der Waals surface area contributed by atoms with Crippen LogP contribution in [0.25, 0.3) is 0 Å². The van der Waals surface area contributed by atoms with Gasteiger partial charge >= 0.3 is 0 Å². The van der Waals surface area contributed by atoms with Crippen molar-refractivity contribution in [1.82, 2.24) is 14.9 Å². The molecule has 1 saturated heterocycles. The van der Waals surface area contributed by atoms with Gasteiger partial charge in [0.1, 0.15) is 11.9 Å². The minimum atomic E-state index is -0.677. The van der Waals surface area contributed by atoms with Crippen molar-refractivity contribution in [2.24, 2.45) is 5.92 Å². The molecule has 3 unspecified atom stereocenters. The maximum atomic E-state index is 13.0. The van der Waals surface area contributed by atoms with Gasteiger partial charge in [-0.2, -0.15) is 0 Å². The predicted molar refractivity (Wildman–Crippen MR) is 97.2 cm³/mol. The minimum absolute atomic E-state index is 0.156. The number of anilines is 1. The van der Waals surface area contributed by atoms with Gasteiger partial charge in [-0.3, -0.25) is 4.79 Å². The van der Waals surface area contributed by atoms with Gasteiger partial charge in [0.15, 0.2) is 5.82 Å². The normalized spacial score (nSPS) is 26.6. The molecule has 138 valence electrons. The third-order valence-corrected chi connectivity index (χ3v) is 5.49. The van der Waals surface area contributed by atoms with Crippen LogP contribution in [0.1, 0.15) is 64.8 Å². The molecule has 1 aliphatic heterocycles. The quantitative estimate of drug-likeness (QED) is 0.911. The number of rotatable bonds is 3. The van der Waals surface area contributed by atoms with Crippen molar-refractivity contribution in [3.63, 3.8) is 0 Å². The minimum Gasteiger partial charge on any atom is -0.385 e. The van der Waals surface area contributed by atoms with Crippen molar-refractivity contribution in [2.75, 3.05) is 18.0 Å². The lowest BCUT2D eigenvalue weighted by atomic mass is 9.87. The topological polar surface area (TPSA) is 69.6 Å². The van der Waals surface area contributed by atoms with E-state index in [1.807, 2.05) is 6.07 Å². The first-order chi connectivity index (χ1) is 12.0. The Morgan fingerprint density at radius 3 is 2.44 bits per heavy atom. The number of carbonyl (C=O) groups excluding carboxylic acids is 1. The highest BCUT2D eigenvalue weighted by atomic mass is 16.3. The Morgan fingerprint density at radius 2 is 1.84 bits per heavy atom. The monoisotopic (exact) mass is 346 g/mol. The Balaban J connectivity index is 1.71. The van der Waals surface area contributed by atoms with Gasteiger partial charge in [-0.15, -0.1) is 0 Å². The molecule has 0 bridgehead atoms. The Kier molecular flexibility index (Phi) is 5.57. The molecule has 1 amide bonds. The van der Waals surface area contributed by atoms with Crippen LogP contribution in [0.2, 0.25) is 0 Å². The summed E-state index contributed by atoms with van der Waals surface area (Å²) in [6.07, 6.45) is 6.74. The fraction of sp³-hybridized carbons (Fsp3) is 0.737. The molecule has 1 aliphatic carbocycles. The highest BCUT2D eigenvalue weighted by molar-refractivity contribution is 5.80. The highest BCUT2D eigenvalue weighted by Crippen LogP contribution is 2.29. The van der Waals surface area contributed by atoms with E-state index in [1.54, 1.807) is 13.1 Å². The van der Waals surface area contributed by atoms with E-state index in [0.717, 1.165) is 31.7 Å². The van der Waals surface area contributed by atoms with Gasteiger partial charge in [0.25, 0.3) is 0 Å². The Morgan fingerprint density at radius 1 is 1.20 bits per heavy atom. The molecule has 1 aromatic rings. The Bertz CT molecular complexity index is 589. The number of aromatic nitrogens is 2. The summed E-state index contributed by atoms with van der Waals surface area (Å²) < 4.78 is 0. The predicted octanol–water partition coefficient (Wildman–Crippen LogP) is 2.54. The summed E-state index contributed by atoms with van der Waals surface area (Å²) in [5.41, 5.74) is 0. The molecule has 6 nitrogen and oxygen atoms in total. The first kappa shape index (κ1) is 18.1. The molecule has 2 aliphatic rings. The molecule has 25 heavy (non-hydrogen) atoms. The average molecular weight is 346 g/mol. The molecule has 2 fully saturated rings. The van der Waals surface area contributed by atoms with Crippen LogP contribution in [0.5, 0.6) is 0 Å². The van der Waals surface area contributed by atoms with Crippen LogP contribution in [-0.2, 0) is 4.79 Å². The largest absolute Gasteiger partial charge is 0.385 e. The Hall–Kier alpha value is -1.69. The molecule has 1 N–H and O–H groups in total. The molecule has 1 saturated carbocycles. The van der Waals surface area contributed by atoms with E-state index in [4.69, 9.17) is 0 Å². The highest BCUT2D eigenvalue weighted by Gasteiger charge is 2.36. The molecule has 0 spiro atoms. The summed E-state index contributed by atoms with van der Waals surface area (Å²) in [6, 6.07) is 2.19. The first-order valence-electron chi connectivity index (χ1n) is 9.55. The van der Waals surface area contributed by atoms with Crippen LogP contribution in [0.4, 0.5) is 5.82 Å². The van der Waals surface area contributed by atoms with E-state index >= 15 is 0 Å². The standard InChI is InChI=1S/C19H30N4O2/c1-13-11-22(17-9-10-20-18(21-17)15(3)24)12-14(2)23(13)19(25)16-7-5-4-6-8-16/h9-10,13-16,24H,4-8,11-12H2,1-3H3. The second-order valence-corrected chi connectivity index (χ2v) is 7.63. The SMILES string of the molecule is CC(O)c1nccc(N2CC(C)N(C(=O)C3CCCCC3)C(C)C2)n1. The summed E-state index contributed by atoms with van der Waals surface area (Å²) in [4.78, 5) is 25.9. The van der Waals surface area contributed by atoms with Crippen molar-refractivity contribution >= 4 is 11.7 Å². The van der Waals surface area contributed by atoms with E-state index in [-0.39, 0.29) is 18.0 Å². The second kappa shape index (κ2) is 7.68. The van der Waals surface area contributed by atoms with Crippen molar-refractivity contribution in [2.45, 2.75) is 71.1 Å². The smallest absolute Gasteiger partial charge is 0.226 e. The van der Waals surface area contributed by atoms with Gasteiger partial charge in [0.2, 0.25) is 5.91 Å². The van der Waals surface area contributed by atoms with Gasteiger partial charge < -0.3 is 14.9 Å². The van der Waals surface area contributed by atoms with E-state index < -0.39 is 6.10 Å². The summed E-state index contributed by atoms with van der Waals surface area (Å²) in [5, 5.41) is 9.71. The van der Waals surface area contributed by atoms with Crippen molar-refractivity contribution in [3.8, 4) is 0 Å². The number of carbonyl (C=O) groups is 1. The number of nitrogens with zero attached hydrogens (tertiary/aromatic N) is 4. The second-order valence-electron chi connectivity index (χ2n) is 7.63. The summed E-state index contributed by atoms with van der Waals surface area (Å²) in [7, 11) is 0. The van der Waals surface area contributed by atoms with E-state index in [1.165, 1.54) is 19.3 Å². The number of hydrogen-bond acceptors (Lipinski definition) is 5. The van der Waals surface area contributed by atoms with Gasteiger partial charge in [-0.1, -0.05) is 19.3 Å². The molecule has 3 atom stereocenters. The van der Waals surface area contributed by atoms with Gasteiger partial charge in [0.05, 0.1) is 0 Å². The number of amides is 1. The van der Waals surface area contributed by atoms with Gasteiger partial charge in [-0.05, 0) is 39.7 Å². The zero-order chi connectivity index (χ0) is 18.0. The molecule has 3 rings (SSSR count). The maximum Gasteiger partial charge on any atom is 0.226 e. The lowest BCUT2D eigenvalue weighted by Gasteiger charge is -2.46. The first-order valence-corrected chi connectivity index (χ1v) is 9.55. The van der Waals surface area contributed by atoms with Crippen LogP contribution in [0.3, 0.4) is 0 Å². The maximum absolute atomic E-state index is 13.0. The zero-order valence-electron chi connectivity index (χ0n) is 15.6. The third kappa shape index (κ3) is 3.94. The fourth-order valence-corrected chi connectivity index (χ4v) is 4.25. The van der Waals surface area contributed by atoms with Crippen molar-refractivity contribution in [3.05, 3.63) is 18.1 Å². The van der Waals surface area contributed by atoms with Crippen LogP contribution < -0.4 is 4.90 Å². The van der Waals surface area contributed by atoms with Crippen molar-refractivity contribution in [1.29, 1.82) is 0 Å². The molecular formula is C19H30N4O2. The van der Waals surface area contributed by atoms with Crippen LogP contribution in [0.15, 0.2) is 12.3 Å². The number of hydrogen-bond donors (Lipinski definition) is 1. The number of aliphatic hydroxyl groups excluding tert-OH is 1. The molecule has 0 radical (unpaired) electrons. The molecule has 2 heterocycles. The molecule has 6 heteroatoms. The number of piperazine rings is 1. The Labute approximate surface area is 150 Å². The zero-order valence-corrected chi connectivity index (χ0v) is 15.6. The summed E-state index contributed by atoms with van der Waals surface area (Å²) in [5.74, 6) is 1.82. The average Bonchev–Trinajstić information content (AvgIpc) is 2.61. The van der Waals surface area contributed by atoms with Crippen LogP contribution in [0, 0.1) is 5.92 Å². The molecule has 1 aromatic heterocycles. The van der Waals surface area contributed by atoms with Gasteiger partial charge in [0, 0.05) is 37.3 Å². The van der Waals surface area contributed by atoms with E-state index in [0.29, 0.717) is 11.7 Å². The third-order valence-electron chi connectivity index (χ3n) is 5.49. The van der Waals surface area contributed by atoms with Crippen LogP contribution >= 0.6 is 0 Å². The van der Waals surface area contributed by atoms with Crippen molar-refractivity contribution < 1.29 is 9.90 Å².